The number of hydrogen-bond donors (Lipinski definition) is 1. The Kier molecular flexibility index (Phi) is 2.45. The maximum Gasteiger partial charge on any atom is 0.272 e. The van der Waals surface area contributed by atoms with E-state index in [9.17, 15) is 0 Å². The van der Waals surface area contributed by atoms with Crippen LogP contribution >= 0.6 is 12.2 Å². The van der Waals surface area contributed by atoms with Crippen molar-refractivity contribution in [3.8, 4) is 0 Å². The molecule has 0 aromatic heterocycles. The smallest absolute Gasteiger partial charge is 0.272 e. The van der Waals surface area contributed by atoms with Crippen molar-refractivity contribution in [2.45, 2.75) is 0 Å². The molecule has 2 nitrogen and oxygen atoms in total. The first-order valence-corrected chi connectivity index (χ1v) is 4.15. The summed E-state index contributed by atoms with van der Waals surface area (Å²) in [4.78, 5) is 0. The SMILES string of the molecule is C[N+](C)(C(N)=S)c1ccccc1. The molecule has 0 amide bonds. The van der Waals surface area contributed by atoms with Crippen LogP contribution < -0.4 is 10.2 Å². The lowest BCUT2D eigenvalue weighted by Gasteiger charge is -2.25. The van der Waals surface area contributed by atoms with Gasteiger partial charge in [-0.2, -0.15) is 0 Å². The number of rotatable bonds is 1. The van der Waals surface area contributed by atoms with Crippen molar-refractivity contribution in [3.63, 3.8) is 0 Å². The van der Waals surface area contributed by atoms with Crippen LogP contribution in [0.5, 0.6) is 0 Å². The van der Waals surface area contributed by atoms with Gasteiger partial charge in [0.15, 0.2) is 0 Å². The molecule has 1 rings (SSSR count). The Bertz CT molecular complexity index is 280. The predicted octanol–water partition coefficient (Wildman–Crippen LogP) is 1.50. The summed E-state index contributed by atoms with van der Waals surface area (Å²) in [6.45, 7) is 0. The van der Waals surface area contributed by atoms with Crippen molar-refractivity contribution in [3.05, 3.63) is 30.3 Å². The Morgan fingerprint density at radius 2 is 1.75 bits per heavy atom. The molecule has 0 bridgehead atoms. The van der Waals surface area contributed by atoms with Crippen molar-refractivity contribution < 1.29 is 0 Å². The largest absolute Gasteiger partial charge is 0.345 e. The minimum Gasteiger partial charge on any atom is -0.345 e. The third-order valence-electron chi connectivity index (χ3n) is 1.95. The Labute approximate surface area is 78.2 Å². The number of quaternary nitrogens is 1. The molecule has 0 heterocycles. The molecule has 0 spiro atoms. The highest BCUT2D eigenvalue weighted by atomic mass is 32.1. The molecule has 1 aromatic rings. The van der Waals surface area contributed by atoms with Crippen LogP contribution in [-0.2, 0) is 0 Å². The fourth-order valence-electron chi connectivity index (χ4n) is 0.928. The van der Waals surface area contributed by atoms with Crippen molar-refractivity contribution in [2.75, 3.05) is 14.1 Å². The molecule has 0 aliphatic heterocycles. The lowest BCUT2D eigenvalue weighted by molar-refractivity contribution is 0.598. The van der Waals surface area contributed by atoms with Gasteiger partial charge in [-0.1, -0.05) is 18.2 Å². The van der Waals surface area contributed by atoms with Gasteiger partial charge in [-0.25, -0.2) is 4.48 Å². The van der Waals surface area contributed by atoms with Crippen LogP contribution in [0.25, 0.3) is 0 Å². The highest BCUT2D eigenvalue weighted by Crippen LogP contribution is 2.17. The van der Waals surface area contributed by atoms with E-state index in [1.807, 2.05) is 44.4 Å². The molecule has 0 saturated heterocycles. The standard InChI is InChI=1S/C9H12N2S/c1-11(2,9(10)12)8-6-4-3-5-7-8/h3-7H,1-2H3,(H-,10,12)/p+1. The summed E-state index contributed by atoms with van der Waals surface area (Å²) in [7, 11) is 3.94. The van der Waals surface area contributed by atoms with E-state index in [1.165, 1.54) is 0 Å². The Hall–Kier alpha value is -0.930. The summed E-state index contributed by atoms with van der Waals surface area (Å²) in [6, 6.07) is 9.96. The zero-order valence-corrected chi connectivity index (χ0v) is 8.14. The van der Waals surface area contributed by atoms with Crippen LogP contribution in [0.4, 0.5) is 5.69 Å². The van der Waals surface area contributed by atoms with Gasteiger partial charge >= 0.3 is 0 Å². The summed E-state index contributed by atoms with van der Waals surface area (Å²) in [6.07, 6.45) is 0. The van der Waals surface area contributed by atoms with Crippen LogP contribution in [0.1, 0.15) is 0 Å². The summed E-state index contributed by atoms with van der Waals surface area (Å²) in [5.41, 5.74) is 6.71. The van der Waals surface area contributed by atoms with Crippen LogP contribution in [0.3, 0.4) is 0 Å². The minimum atomic E-state index is 0.455. The molecule has 0 unspecified atom stereocenters. The molecule has 0 aliphatic carbocycles. The van der Waals surface area contributed by atoms with Gasteiger partial charge < -0.3 is 5.73 Å². The van der Waals surface area contributed by atoms with E-state index < -0.39 is 0 Å². The highest BCUT2D eigenvalue weighted by molar-refractivity contribution is 7.80. The number of hydrogen-bond acceptors (Lipinski definition) is 1. The van der Waals surface area contributed by atoms with Crippen molar-refractivity contribution in [2.24, 2.45) is 5.73 Å². The van der Waals surface area contributed by atoms with Gasteiger partial charge in [-0.15, -0.1) is 0 Å². The third-order valence-corrected chi connectivity index (χ3v) is 2.41. The van der Waals surface area contributed by atoms with E-state index >= 15 is 0 Å². The highest BCUT2D eigenvalue weighted by Gasteiger charge is 2.21. The van der Waals surface area contributed by atoms with Gasteiger partial charge in [-0.05, 0) is 12.1 Å². The second-order valence-corrected chi connectivity index (χ2v) is 3.55. The molecule has 3 heteroatoms. The normalized spacial score (nSPS) is 11.2. The first kappa shape index (κ1) is 9.16. The molecule has 0 fully saturated rings. The maximum atomic E-state index is 5.61. The second-order valence-electron chi connectivity index (χ2n) is 3.13. The van der Waals surface area contributed by atoms with Gasteiger partial charge in [0.1, 0.15) is 5.69 Å². The number of nitrogens with zero attached hydrogens (tertiary/aromatic N) is 1. The van der Waals surface area contributed by atoms with Crippen molar-refractivity contribution in [1.82, 2.24) is 4.48 Å². The fraction of sp³-hybridized carbons (Fsp3) is 0.222. The average molecular weight is 181 g/mol. The van der Waals surface area contributed by atoms with E-state index in [-0.39, 0.29) is 0 Å². The molecule has 1 aromatic carbocycles. The average Bonchev–Trinajstić information content (AvgIpc) is 2.06. The van der Waals surface area contributed by atoms with Gasteiger partial charge in [0.05, 0.1) is 14.1 Å². The molecule has 64 valence electrons. The van der Waals surface area contributed by atoms with Crippen LogP contribution in [0, 0.1) is 0 Å². The second kappa shape index (κ2) is 3.21. The quantitative estimate of drug-likeness (QED) is 0.525. The maximum absolute atomic E-state index is 5.61. The Morgan fingerprint density at radius 1 is 1.25 bits per heavy atom. The molecular weight excluding hydrogens is 168 g/mol. The number of nitrogens with two attached hydrogens (primary N) is 1. The number of para-hydroxylation sites is 1. The summed E-state index contributed by atoms with van der Waals surface area (Å²) in [5, 5.41) is 0.473. The van der Waals surface area contributed by atoms with Crippen LogP contribution in [-0.4, -0.2) is 19.2 Å². The first-order valence-electron chi connectivity index (χ1n) is 3.75. The van der Waals surface area contributed by atoms with E-state index in [0.717, 1.165) is 5.69 Å². The predicted molar refractivity (Wildman–Crippen MR) is 56.9 cm³/mol. The van der Waals surface area contributed by atoms with Crippen LogP contribution in [0.2, 0.25) is 0 Å². The molecule has 0 saturated carbocycles. The molecule has 12 heavy (non-hydrogen) atoms. The number of benzene rings is 1. The van der Waals surface area contributed by atoms with Crippen molar-refractivity contribution in [1.29, 1.82) is 0 Å². The Morgan fingerprint density at radius 3 is 2.17 bits per heavy atom. The van der Waals surface area contributed by atoms with E-state index in [0.29, 0.717) is 9.60 Å². The molecule has 0 aliphatic rings. The summed E-state index contributed by atoms with van der Waals surface area (Å²) < 4.78 is 0.455. The first-order chi connectivity index (χ1) is 5.55. The summed E-state index contributed by atoms with van der Waals surface area (Å²) >= 11 is 4.96. The zero-order chi connectivity index (χ0) is 9.19. The number of thiocarbonyl (C=S) groups is 1. The van der Waals surface area contributed by atoms with E-state index in [2.05, 4.69) is 0 Å². The Balaban J connectivity index is 3.06. The van der Waals surface area contributed by atoms with Crippen LogP contribution in [0.15, 0.2) is 30.3 Å². The van der Waals surface area contributed by atoms with E-state index in [4.69, 9.17) is 18.0 Å². The molecular formula is C9H13N2S+. The van der Waals surface area contributed by atoms with Crippen molar-refractivity contribution >= 4 is 23.0 Å². The lowest BCUT2D eigenvalue weighted by atomic mass is 10.3. The monoisotopic (exact) mass is 181 g/mol. The molecule has 0 radical (unpaired) electrons. The third kappa shape index (κ3) is 1.62. The van der Waals surface area contributed by atoms with E-state index in [1.54, 1.807) is 0 Å². The lowest BCUT2D eigenvalue weighted by Crippen LogP contribution is -2.49. The van der Waals surface area contributed by atoms with Gasteiger partial charge in [0, 0.05) is 12.2 Å². The van der Waals surface area contributed by atoms with Gasteiger partial charge in [-0.3, -0.25) is 0 Å². The van der Waals surface area contributed by atoms with Gasteiger partial charge in [0.2, 0.25) is 0 Å². The molecule has 0 atom stereocenters. The topological polar surface area (TPSA) is 26.0 Å². The zero-order valence-electron chi connectivity index (χ0n) is 7.32. The minimum absolute atomic E-state index is 0.455. The summed E-state index contributed by atoms with van der Waals surface area (Å²) in [5.74, 6) is 0. The molecule has 2 N–H and O–H groups in total. The fourth-order valence-corrected chi connectivity index (χ4v) is 1.03. The van der Waals surface area contributed by atoms with Gasteiger partial charge in [0.25, 0.3) is 5.11 Å².